The molecule has 8 heteroatoms. The van der Waals surface area contributed by atoms with Gasteiger partial charge in [-0.25, -0.2) is 0 Å². The van der Waals surface area contributed by atoms with Gasteiger partial charge in [0.15, 0.2) is 5.96 Å². The topological polar surface area (TPSA) is 86.0 Å². The summed E-state index contributed by atoms with van der Waals surface area (Å²) in [6.45, 7) is 11.5. The Hall–Kier alpha value is -0.610. The highest BCUT2D eigenvalue weighted by Gasteiger charge is 2.22. The first-order valence-corrected chi connectivity index (χ1v) is 10.9. The molecule has 0 aromatic carbocycles. The number of carbonyl (C=O) groups is 1. The number of primary amides is 1. The van der Waals surface area contributed by atoms with E-state index in [1.54, 1.807) is 0 Å². The van der Waals surface area contributed by atoms with E-state index in [9.17, 15) is 4.79 Å². The van der Waals surface area contributed by atoms with Crippen LogP contribution in [0.4, 0.5) is 0 Å². The molecule has 164 valence electrons. The lowest BCUT2D eigenvalue weighted by molar-refractivity contribution is -0.123. The fourth-order valence-corrected chi connectivity index (χ4v) is 3.94. The number of rotatable bonds is 10. The van der Waals surface area contributed by atoms with Crippen LogP contribution >= 0.6 is 24.0 Å². The van der Waals surface area contributed by atoms with Crippen LogP contribution < -0.4 is 16.4 Å². The number of guanidine groups is 1. The molecule has 0 radical (unpaired) electrons. The number of nitrogens with zero attached hydrogens (tertiary/aromatic N) is 3. The van der Waals surface area contributed by atoms with Crippen LogP contribution in [0, 0.1) is 5.92 Å². The van der Waals surface area contributed by atoms with Crippen LogP contribution in [0.2, 0.25) is 0 Å². The van der Waals surface area contributed by atoms with Crippen molar-refractivity contribution in [1.82, 2.24) is 20.4 Å². The van der Waals surface area contributed by atoms with Crippen LogP contribution in [0.5, 0.6) is 0 Å². The Morgan fingerprint density at radius 3 is 2.32 bits per heavy atom. The molecule has 0 atom stereocenters. The van der Waals surface area contributed by atoms with E-state index in [2.05, 4.69) is 27.4 Å². The molecule has 2 heterocycles. The first kappa shape index (κ1) is 25.4. The van der Waals surface area contributed by atoms with Gasteiger partial charge >= 0.3 is 0 Å². The lowest BCUT2D eigenvalue weighted by Gasteiger charge is -2.30. The molecule has 1 amide bonds. The third-order valence-corrected chi connectivity index (χ3v) is 5.66. The van der Waals surface area contributed by atoms with E-state index >= 15 is 0 Å². The minimum Gasteiger partial charge on any atom is -0.369 e. The van der Waals surface area contributed by atoms with Gasteiger partial charge in [-0.1, -0.05) is 6.42 Å². The van der Waals surface area contributed by atoms with Gasteiger partial charge in [0.25, 0.3) is 0 Å². The van der Waals surface area contributed by atoms with Gasteiger partial charge in [-0.2, -0.15) is 0 Å². The monoisotopic (exact) mass is 508 g/mol. The van der Waals surface area contributed by atoms with Gasteiger partial charge in [-0.05, 0) is 78.2 Å². The molecule has 0 aliphatic carbocycles. The Bertz CT molecular complexity index is 448. The van der Waals surface area contributed by atoms with Gasteiger partial charge in [0.2, 0.25) is 5.91 Å². The fraction of sp³-hybridized carbons (Fsp3) is 0.900. The highest BCUT2D eigenvalue weighted by atomic mass is 127. The second-order valence-electron chi connectivity index (χ2n) is 7.82. The number of halogens is 1. The SMILES string of the molecule is CCNC(=NCCCCN1CCC(C(N)=O)CC1)NCCN1CCCCC1.I. The number of piperidine rings is 2. The number of aliphatic imine (C=N–C) groups is 1. The fourth-order valence-electron chi connectivity index (χ4n) is 3.94. The van der Waals surface area contributed by atoms with Crippen molar-refractivity contribution in [3.63, 3.8) is 0 Å². The van der Waals surface area contributed by atoms with Crippen LogP contribution in [0.3, 0.4) is 0 Å². The third-order valence-electron chi connectivity index (χ3n) is 5.66. The molecule has 2 rings (SSSR count). The van der Waals surface area contributed by atoms with Crippen molar-refractivity contribution >= 4 is 35.8 Å². The predicted molar refractivity (Wildman–Crippen MR) is 127 cm³/mol. The quantitative estimate of drug-likeness (QED) is 0.181. The molecule has 2 aliphatic heterocycles. The van der Waals surface area contributed by atoms with Crippen molar-refractivity contribution in [3.05, 3.63) is 0 Å². The number of unbranched alkanes of at least 4 members (excludes halogenated alkanes) is 1. The average Bonchev–Trinajstić information content (AvgIpc) is 2.69. The first-order valence-electron chi connectivity index (χ1n) is 10.9. The number of nitrogens with one attached hydrogen (secondary N) is 2. The van der Waals surface area contributed by atoms with Gasteiger partial charge in [0, 0.05) is 32.1 Å². The molecule has 0 unspecified atom stereocenters. The standard InChI is InChI=1S/C20H40N6O.HI/c1-2-22-20(24-11-17-25-12-5-3-6-13-25)23-10-4-7-14-26-15-8-18(9-16-26)19(21)27;/h18H,2-17H2,1H3,(H2,21,27)(H2,22,23,24);1H. The Balaban J connectivity index is 0.00000392. The van der Waals surface area contributed by atoms with Crippen molar-refractivity contribution in [3.8, 4) is 0 Å². The maximum absolute atomic E-state index is 11.2. The number of likely N-dealkylation sites (tertiary alicyclic amines) is 2. The van der Waals surface area contributed by atoms with E-state index < -0.39 is 0 Å². The molecule has 28 heavy (non-hydrogen) atoms. The molecular weight excluding hydrogens is 467 g/mol. The van der Waals surface area contributed by atoms with E-state index in [1.165, 1.54) is 32.4 Å². The molecule has 2 fully saturated rings. The highest BCUT2D eigenvalue weighted by Crippen LogP contribution is 2.16. The van der Waals surface area contributed by atoms with Crippen LogP contribution in [0.1, 0.15) is 51.9 Å². The van der Waals surface area contributed by atoms with E-state index in [0.29, 0.717) is 0 Å². The summed E-state index contributed by atoms with van der Waals surface area (Å²) in [5.74, 6) is 0.897. The molecule has 4 N–H and O–H groups in total. The summed E-state index contributed by atoms with van der Waals surface area (Å²) in [6, 6.07) is 0. The molecule has 0 saturated carbocycles. The van der Waals surface area contributed by atoms with Crippen molar-refractivity contribution in [1.29, 1.82) is 0 Å². The zero-order valence-corrected chi connectivity index (χ0v) is 20.0. The summed E-state index contributed by atoms with van der Waals surface area (Å²) in [5.41, 5.74) is 5.40. The predicted octanol–water partition coefficient (Wildman–Crippen LogP) is 1.62. The third kappa shape index (κ3) is 10.2. The minimum absolute atomic E-state index is 0. The van der Waals surface area contributed by atoms with Crippen LogP contribution in [-0.4, -0.2) is 80.6 Å². The van der Waals surface area contributed by atoms with E-state index in [0.717, 1.165) is 77.5 Å². The minimum atomic E-state index is -0.132. The Labute approximate surface area is 188 Å². The van der Waals surface area contributed by atoms with E-state index in [1.807, 2.05) is 0 Å². The van der Waals surface area contributed by atoms with Gasteiger partial charge in [0.05, 0.1) is 0 Å². The van der Waals surface area contributed by atoms with E-state index in [4.69, 9.17) is 10.7 Å². The normalized spacial score (nSPS) is 19.8. The van der Waals surface area contributed by atoms with Crippen LogP contribution in [0.25, 0.3) is 0 Å². The lowest BCUT2D eigenvalue weighted by Crippen LogP contribution is -2.42. The van der Waals surface area contributed by atoms with Gasteiger partial charge < -0.3 is 26.2 Å². The van der Waals surface area contributed by atoms with Crippen LogP contribution in [0.15, 0.2) is 4.99 Å². The van der Waals surface area contributed by atoms with Gasteiger partial charge in [0.1, 0.15) is 0 Å². The molecule has 2 aliphatic rings. The van der Waals surface area contributed by atoms with Crippen molar-refractivity contribution in [2.75, 3.05) is 58.9 Å². The van der Waals surface area contributed by atoms with Gasteiger partial charge in [-0.15, -0.1) is 24.0 Å². The summed E-state index contributed by atoms with van der Waals surface area (Å²) >= 11 is 0. The zero-order chi connectivity index (χ0) is 19.3. The van der Waals surface area contributed by atoms with Crippen LogP contribution in [-0.2, 0) is 4.79 Å². The lowest BCUT2D eigenvalue weighted by atomic mass is 9.96. The number of carbonyl (C=O) groups excluding carboxylic acids is 1. The Kier molecular flexibility index (Phi) is 13.9. The first-order chi connectivity index (χ1) is 13.2. The summed E-state index contributed by atoms with van der Waals surface area (Å²) < 4.78 is 0. The maximum Gasteiger partial charge on any atom is 0.220 e. The highest BCUT2D eigenvalue weighted by molar-refractivity contribution is 14.0. The Morgan fingerprint density at radius 1 is 1.00 bits per heavy atom. The largest absolute Gasteiger partial charge is 0.369 e. The number of hydrogen-bond donors (Lipinski definition) is 3. The smallest absolute Gasteiger partial charge is 0.220 e. The second kappa shape index (κ2) is 15.3. The molecular formula is C20H41IN6O. The number of nitrogens with two attached hydrogens (primary N) is 1. The second-order valence-corrected chi connectivity index (χ2v) is 7.82. The summed E-state index contributed by atoms with van der Waals surface area (Å²) in [6.07, 6.45) is 8.15. The van der Waals surface area contributed by atoms with Crippen molar-refractivity contribution in [2.24, 2.45) is 16.6 Å². The van der Waals surface area contributed by atoms with E-state index in [-0.39, 0.29) is 35.8 Å². The summed E-state index contributed by atoms with van der Waals surface area (Å²) in [5, 5.41) is 6.81. The molecule has 7 nitrogen and oxygen atoms in total. The Morgan fingerprint density at radius 2 is 1.68 bits per heavy atom. The molecule has 0 bridgehead atoms. The van der Waals surface area contributed by atoms with Crippen molar-refractivity contribution in [2.45, 2.75) is 51.9 Å². The maximum atomic E-state index is 11.2. The van der Waals surface area contributed by atoms with Crippen molar-refractivity contribution < 1.29 is 4.79 Å². The van der Waals surface area contributed by atoms with Gasteiger partial charge in [-0.3, -0.25) is 9.79 Å². The number of hydrogen-bond acceptors (Lipinski definition) is 4. The molecule has 2 saturated heterocycles. The summed E-state index contributed by atoms with van der Waals surface area (Å²) in [7, 11) is 0. The zero-order valence-electron chi connectivity index (χ0n) is 17.6. The number of amides is 1. The molecule has 0 aromatic heterocycles. The molecule has 0 aromatic rings. The molecule has 0 spiro atoms. The summed E-state index contributed by atoms with van der Waals surface area (Å²) in [4.78, 5) is 20.9. The average molecular weight is 508 g/mol.